The van der Waals surface area contributed by atoms with Crippen molar-refractivity contribution in [2.75, 3.05) is 13.7 Å². The first kappa shape index (κ1) is 15.5. The predicted octanol–water partition coefficient (Wildman–Crippen LogP) is 3.45. The van der Waals surface area contributed by atoms with Gasteiger partial charge in [-0.1, -0.05) is 48.5 Å². The summed E-state index contributed by atoms with van der Waals surface area (Å²) >= 11 is 0. The van der Waals surface area contributed by atoms with Crippen molar-refractivity contribution in [2.24, 2.45) is 0 Å². The van der Waals surface area contributed by atoms with Crippen LogP contribution in [0.4, 0.5) is 0 Å². The molecule has 0 aliphatic heterocycles. The summed E-state index contributed by atoms with van der Waals surface area (Å²) in [5.41, 5.74) is 2.57. The lowest BCUT2D eigenvalue weighted by Crippen LogP contribution is -2.17. The van der Waals surface area contributed by atoms with Crippen LogP contribution in [0.5, 0.6) is 5.75 Å². The summed E-state index contributed by atoms with van der Waals surface area (Å²) in [6.45, 7) is 1.82. The van der Waals surface area contributed by atoms with Crippen LogP contribution < -0.4 is 10.1 Å². The number of halogens is 1. The minimum atomic E-state index is 0. The average molecular weight is 278 g/mol. The van der Waals surface area contributed by atoms with E-state index in [4.69, 9.17) is 4.74 Å². The fraction of sp³-hybridized carbons (Fsp3) is 0.250. The number of hydrogen-bond donors (Lipinski definition) is 1. The van der Waals surface area contributed by atoms with Gasteiger partial charge in [-0.3, -0.25) is 0 Å². The monoisotopic (exact) mass is 277 g/mol. The number of ether oxygens (including phenoxy) is 1. The molecule has 0 saturated heterocycles. The van der Waals surface area contributed by atoms with Crippen LogP contribution in [0.25, 0.3) is 0 Å². The van der Waals surface area contributed by atoms with Gasteiger partial charge in [0.1, 0.15) is 5.75 Å². The molecule has 0 aliphatic rings. The van der Waals surface area contributed by atoms with Crippen LogP contribution in [0, 0.1) is 0 Å². The van der Waals surface area contributed by atoms with Gasteiger partial charge in [0.2, 0.25) is 0 Å². The van der Waals surface area contributed by atoms with E-state index in [0.29, 0.717) is 0 Å². The maximum absolute atomic E-state index is 5.32. The van der Waals surface area contributed by atoms with E-state index < -0.39 is 0 Å². The summed E-state index contributed by atoms with van der Waals surface area (Å²) in [7, 11) is 1.71. The van der Waals surface area contributed by atoms with Crippen molar-refractivity contribution in [1.29, 1.82) is 0 Å². The molecule has 0 saturated carbocycles. The van der Waals surface area contributed by atoms with Crippen LogP contribution in [0.2, 0.25) is 0 Å². The second kappa shape index (κ2) is 8.57. The molecule has 0 spiro atoms. The predicted molar refractivity (Wildman–Crippen MR) is 82.1 cm³/mol. The lowest BCUT2D eigenvalue weighted by atomic mass is 10.1. The fourth-order valence-electron chi connectivity index (χ4n) is 1.95. The molecule has 1 N–H and O–H groups in total. The molecule has 19 heavy (non-hydrogen) atoms. The molecule has 0 heterocycles. The molecule has 0 unspecified atom stereocenters. The van der Waals surface area contributed by atoms with Crippen LogP contribution in [0.3, 0.4) is 0 Å². The van der Waals surface area contributed by atoms with Crippen molar-refractivity contribution in [3.05, 3.63) is 65.7 Å². The molecule has 0 atom stereocenters. The van der Waals surface area contributed by atoms with E-state index in [1.54, 1.807) is 7.11 Å². The van der Waals surface area contributed by atoms with Crippen LogP contribution in [0.15, 0.2) is 54.6 Å². The molecule has 0 radical (unpaired) electrons. The molecular formula is C16H20ClNO. The normalized spacial score (nSPS) is 9.74. The van der Waals surface area contributed by atoms with Crippen LogP contribution in [0.1, 0.15) is 11.1 Å². The van der Waals surface area contributed by atoms with Gasteiger partial charge in [0.05, 0.1) is 7.11 Å². The Kier molecular flexibility index (Phi) is 7.01. The SMILES string of the molecule is COc1ccccc1CNCCc1ccccc1.Cl. The van der Waals surface area contributed by atoms with Gasteiger partial charge in [0.15, 0.2) is 0 Å². The van der Waals surface area contributed by atoms with Gasteiger partial charge in [-0.15, -0.1) is 12.4 Å². The molecule has 3 heteroatoms. The lowest BCUT2D eigenvalue weighted by Gasteiger charge is -2.09. The minimum absolute atomic E-state index is 0. The van der Waals surface area contributed by atoms with Gasteiger partial charge in [-0.25, -0.2) is 0 Å². The number of benzene rings is 2. The minimum Gasteiger partial charge on any atom is -0.496 e. The maximum Gasteiger partial charge on any atom is 0.123 e. The molecule has 0 aliphatic carbocycles. The molecule has 0 bridgehead atoms. The fourth-order valence-corrected chi connectivity index (χ4v) is 1.95. The summed E-state index contributed by atoms with van der Waals surface area (Å²) in [6, 6.07) is 18.6. The summed E-state index contributed by atoms with van der Waals surface area (Å²) < 4.78 is 5.32. The first-order chi connectivity index (χ1) is 8.90. The van der Waals surface area contributed by atoms with E-state index in [0.717, 1.165) is 25.3 Å². The van der Waals surface area contributed by atoms with Crippen LogP contribution in [-0.4, -0.2) is 13.7 Å². The molecule has 0 fully saturated rings. The third-order valence-electron chi connectivity index (χ3n) is 2.94. The van der Waals surface area contributed by atoms with Crippen molar-refractivity contribution in [3.8, 4) is 5.75 Å². The highest BCUT2D eigenvalue weighted by Crippen LogP contribution is 2.16. The summed E-state index contributed by atoms with van der Waals surface area (Å²) in [4.78, 5) is 0. The van der Waals surface area contributed by atoms with E-state index in [9.17, 15) is 0 Å². The zero-order chi connectivity index (χ0) is 12.6. The van der Waals surface area contributed by atoms with Crippen molar-refractivity contribution < 1.29 is 4.74 Å². The zero-order valence-corrected chi connectivity index (χ0v) is 12.0. The smallest absolute Gasteiger partial charge is 0.123 e. The Labute approximate surface area is 121 Å². The molecule has 0 aromatic heterocycles. The lowest BCUT2D eigenvalue weighted by molar-refractivity contribution is 0.408. The number of hydrogen-bond acceptors (Lipinski definition) is 2. The Bertz CT molecular complexity index is 473. The van der Waals surface area contributed by atoms with Crippen molar-refractivity contribution in [2.45, 2.75) is 13.0 Å². The first-order valence-corrected chi connectivity index (χ1v) is 6.26. The zero-order valence-electron chi connectivity index (χ0n) is 11.1. The van der Waals surface area contributed by atoms with Crippen molar-refractivity contribution in [1.82, 2.24) is 5.32 Å². The van der Waals surface area contributed by atoms with Gasteiger partial charge in [-0.05, 0) is 24.6 Å². The summed E-state index contributed by atoms with van der Waals surface area (Å²) in [6.07, 6.45) is 1.05. The van der Waals surface area contributed by atoms with Crippen molar-refractivity contribution in [3.63, 3.8) is 0 Å². The number of rotatable bonds is 6. The third-order valence-corrected chi connectivity index (χ3v) is 2.94. The van der Waals surface area contributed by atoms with Crippen LogP contribution in [-0.2, 0) is 13.0 Å². The number of para-hydroxylation sites is 1. The van der Waals surface area contributed by atoms with E-state index in [2.05, 4.69) is 35.6 Å². The number of nitrogens with one attached hydrogen (secondary N) is 1. The Hall–Kier alpha value is -1.51. The van der Waals surface area contributed by atoms with E-state index in [-0.39, 0.29) is 12.4 Å². The Balaban J connectivity index is 0.00000180. The highest BCUT2D eigenvalue weighted by Gasteiger charge is 2.00. The Morgan fingerprint density at radius 2 is 1.63 bits per heavy atom. The van der Waals surface area contributed by atoms with Gasteiger partial charge in [0.25, 0.3) is 0 Å². The quantitative estimate of drug-likeness (QED) is 0.817. The van der Waals surface area contributed by atoms with Crippen LogP contribution >= 0.6 is 12.4 Å². The molecule has 0 amide bonds. The second-order valence-electron chi connectivity index (χ2n) is 4.22. The molecule has 2 aromatic rings. The average Bonchev–Trinajstić information content (AvgIpc) is 2.45. The molecule has 102 valence electrons. The van der Waals surface area contributed by atoms with E-state index >= 15 is 0 Å². The summed E-state index contributed by atoms with van der Waals surface area (Å²) in [5.74, 6) is 0.949. The molecule has 2 aromatic carbocycles. The topological polar surface area (TPSA) is 21.3 Å². The standard InChI is InChI=1S/C16H19NO.ClH/c1-18-16-10-6-5-9-15(16)13-17-12-11-14-7-3-2-4-8-14;/h2-10,17H,11-13H2,1H3;1H. The largest absolute Gasteiger partial charge is 0.496 e. The van der Waals surface area contributed by atoms with Gasteiger partial charge >= 0.3 is 0 Å². The third kappa shape index (κ3) is 4.93. The van der Waals surface area contributed by atoms with Crippen molar-refractivity contribution >= 4 is 12.4 Å². The highest BCUT2D eigenvalue weighted by molar-refractivity contribution is 5.85. The second-order valence-corrected chi connectivity index (χ2v) is 4.22. The van der Waals surface area contributed by atoms with Gasteiger partial charge in [-0.2, -0.15) is 0 Å². The van der Waals surface area contributed by atoms with E-state index in [1.807, 2.05) is 24.3 Å². The highest BCUT2D eigenvalue weighted by atomic mass is 35.5. The molecular weight excluding hydrogens is 258 g/mol. The summed E-state index contributed by atoms with van der Waals surface area (Å²) in [5, 5.41) is 3.44. The molecule has 2 rings (SSSR count). The van der Waals surface area contributed by atoms with Gasteiger partial charge in [0, 0.05) is 12.1 Å². The number of methoxy groups -OCH3 is 1. The Morgan fingerprint density at radius 1 is 0.947 bits per heavy atom. The maximum atomic E-state index is 5.32. The van der Waals surface area contributed by atoms with Gasteiger partial charge < -0.3 is 10.1 Å². The molecule has 2 nitrogen and oxygen atoms in total. The van der Waals surface area contributed by atoms with E-state index in [1.165, 1.54) is 11.1 Å². The first-order valence-electron chi connectivity index (χ1n) is 6.26. The Morgan fingerprint density at radius 3 is 2.37 bits per heavy atom.